The molecule has 0 aromatic carbocycles. The topological polar surface area (TPSA) is 55.0 Å². The summed E-state index contributed by atoms with van der Waals surface area (Å²) in [7, 11) is 4.12. The van der Waals surface area contributed by atoms with Crippen molar-refractivity contribution in [3.63, 3.8) is 0 Å². The van der Waals surface area contributed by atoms with Gasteiger partial charge in [0.2, 0.25) is 0 Å². The summed E-state index contributed by atoms with van der Waals surface area (Å²) in [6.07, 6.45) is 6.02. The number of rotatable bonds is 4. The Kier molecular flexibility index (Phi) is 3.94. The summed E-state index contributed by atoms with van der Waals surface area (Å²) in [5, 5.41) is 0. The molecule has 4 nitrogen and oxygen atoms in total. The zero-order chi connectivity index (χ0) is 12.3. The van der Waals surface area contributed by atoms with Crippen LogP contribution in [0, 0.1) is 0 Å². The van der Waals surface area contributed by atoms with Crippen molar-refractivity contribution in [2.75, 3.05) is 26.4 Å². The summed E-state index contributed by atoms with van der Waals surface area (Å²) in [6, 6.07) is 1.95. The van der Waals surface area contributed by atoms with E-state index in [2.05, 4.69) is 29.0 Å². The molecule has 1 heterocycles. The molecule has 0 aliphatic heterocycles. The number of aromatic nitrogens is 2. The van der Waals surface area contributed by atoms with Gasteiger partial charge < -0.3 is 10.6 Å². The smallest absolute Gasteiger partial charge is 0.132 e. The quantitative estimate of drug-likeness (QED) is 0.863. The predicted octanol–water partition coefficient (Wildman–Crippen LogP) is 1.82. The highest BCUT2D eigenvalue weighted by Gasteiger charge is 2.19. The normalized spacial score (nSPS) is 16.9. The first-order chi connectivity index (χ1) is 8.15. The minimum atomic E-state index is 0.610. The number of nitrogen functional groups attached to an aromatic ring is 1. The fourth-order valence-electron chi connectivity index (χ4n) is 2.41. The van der Waals surface area contributed by atoms with Crippen LogP contribution < -0.4 is 5.73 Å². The second-order valence-electron chi connectivity index (χ2n) is 5.17. The molecule has 0 spiro atoms. The van der Waals surface area contributed by atoms with E-state index < -0.39 is 0 Å². The lowest BCUT2D eigenvalue weighted by Crippen LogP contribution is -2.17. The van der Waals surface area contributed by atoms with E-state index in [0.717, 1.165) is 24.5 Å². The Balaban J connectivity index is 2.11. The van der Waals surface area contributed by atoms with Gasteiger partial charge in [0, 0.05) is 30.6 Å². The first kappa shape index (κ1) is 12.3. The van der Waals surface area contributed by atoms with Crippen LogP contribution in [0.2, 0.25) is 0 Å². The minimum absolute atomic E-state index is 0.610. The van der Waals surface area contributed by atoms with Crippen molar-refractivity contribution in [1.82, 2.24) is 14.9 Å². The van der Waals surface area contributed by atoms with Crippen LogP contribution in [-0.2, 0) is 6.42 Å². The van der Waals surface area contributed by atoms with Crippen LogP contribution in [0.5, 0.6) is 0 Å². The first-order valence-electron chi connectivity index (χ1n) is 6.43. The number of hydrogen-bond donors (Lipinski definition) is 1. The predicted molar refractivity (Wildman–Crippen MR) is 69.9 cm³/mol. The van der Waals surface area contributed by atoms with Crippen molar-refractivity contribution >= 4 is 5.82 Å². The largest absolute Gasteiger partial charge is 0.384 e. The summed E-state index contributed by atoms with van der Waals surface area (Å²) in [5.74, 6) is 2.12. The maximum absolute atomic E-state index is 5.87. The maximum Gasteiger partial charge on any atom is 0.132 e. The van der Waals surface area contributed by atoms with Crippen LogP contribution >= 0.6 is 0 Å². The Morgan fingerprint density at radius 3 is 2.65 bits per heavy atom. The highest BCUT2D eigenvalue weighted by atomic mass is 15.1. The summed E-state index contributed by atoms with van der Waals surface area (Å²) in [4.78, 5) is 11.1. The van der Waals surface area contributed by atoms with Gasteiger partial charge in [0.15, 0.2) is 0 Å². The average Bonchev–Trinajstić information content (AvgIpc) is 2.79. The number of hydrogen-bond acceptors (Lipinski definition) is 4. The highest BCUT2D eigenvalue weighted by molar-refractivity contribution is 5.31. The van der Waals surface area contributed by atoms with Crippen molar-refractivity contribution in [1.29, 1.82) is 0 Å². The SMILES string of the molecule is CN(C)CCc1nc(N)cc(C2CCCC2)n1. The second kappa shape index (κ2) is 5.45. The van der Waals surface area contributed by atoms with Gasteiger partial charge in [0.05, 0.1) is 0 Å². The number of nitrogens with zero attached hydrogens (tertiary/aromatic N) is 3. The molecule has 0 atom stereocenters. The van der Waals surface area contributed by atoms with Gasteiger partial charge in [-0.3, -0.25) is 0 Å². The van der Waals surface area contributed by atoms with Gasteiger partial charge in [-0.25, -0.2) is 9.97 Å². The van der Waals surface area contributed by atoms with Crippen LogP contribution in [-0.4, -0.2) is 35.5 Å². The monoisotopic (exact) mass is 234 g/mol. The van der Waals surface area contributed by atoms with Crippen molar-refractivity contribution < 1.29 is 0 Å². The van der Waals surface area contributed by atoms with E-state index in [1.807, 2.05) is 6.07 Å². The highest BCUT2D eigenvalue weighted by Crippen LogP contribution is 2.33. The van der Waals surface area contributed by atoms with Crippen LogP contribution in [0.15, 0.2) is 6.07 Å². The lowest BCUT2D eigenvalue weighted by atomic mass is 10.0. The molecule has 1 fully saturated rings. The zero-order valence-electron chi connectivity index (χ0n) is 10.8. The van der Waals surface area contributed by atoms with Gasteiger partial charge in [-0.05, 0) is 26.9 Å². The van der Waals surface area contributed by atoms with Gasteiger partial charge in [0.1, 0.15) is 11.6 Å². The van der Waals surface area contributed by atoms with E-state index >= 15 is 0 Å². The molecule has 0 amide bonds. The van der Waals surface area contributed by atoms with Gasteiger partial charge in [-0.15, -0.1) is 0 Å². The Labute approximate surface area is 103 Å². The molecule has 17 heavy (non-hydrogen) atoms. The van der Waals surface area contributed by atoms with Crippen LogP contribution in [0.1, 0.15) is 43.1 Å². The molecule has 0 bridgehead atoms. The van der Waals surface area contributed by atoms with Gasteiger partial charge >= 0.3 is 0 Å². The molecule has 1 saturated carbocycles. The van der Waals surface area contributed by atoms with E-state index in [-0.39, 0.29) is 0 Å². The summed E-state index contributed by atoms with van der Waals surface area (Å²) < 4.78 is 0. The molecule has 1 aliphatic carbocycles. The van der Waals surface area contributed by atoms with Crippen molar-refractivity contribution in [2.45, 2.75) is 38.0 Å². The lowest BCUT2D eigenvalue weighted by molar-refractivity contribution is 0.409. The van der Waals surface area contributed by atoms with E-state index in [1.165, 1.54) is 25.7 Å². The molecule has 94 valence electrons. The minimum Gasteiger partial charge on any atom is -0.384 e. The van der Waals surface area contributed by atoms with Crippen LogP contribution in [0.4, 0.5) is 5.82 Å². The Morgan fingerprint density at radius 1 is 1.29 bits per heavy atom. The molecule has 0 saturated heterocycles. The molecule has 2 N–H and O–H groups in total. The molecule has 1 aromatic rings. The lowest BCUT2D eigenvalue weighted by Gasteiger charge is -2.12. The zero-order valence-corrected chi connectivity index (χ0v) is 10.8. The Bertz CT molecular complexity index is 370. The fraction of sp³-hybridized carbons (Fsp3) is 0.692. The molecule has 0 unspecified atom stereocenters. The van der Waals surface area contributed by atoms with Gasteiger partial charge in [0.25, 0.3) is 0 Å². The standard InChI is InChI=1S/C13H22N4/c1-17(2)8-7-13-15-11(9-12(14)16-13)10-5-3-4-6-10/h9-10H,3-8H2,1-2H3,(H2,14,15,16). The third-order valence-electron chi connectivity index (χ3n) is 3.37. The van der Waals surface area contributed by atoms with Crippen LogP contribution in [0.25, 0.3) is 0 Å². The molecule has 0 radical (unpaired) electrons. The Morgan fingerprint density at radius 2 is 2.00 bits per heavy atom. The number of anilines is 1. The van der Waals surface area contributed by atoms with Crippen molar-refractivity contribution in [3.05, 3.63) is 17.6 Å². The molecular formula is C13H22N4. The maximum atomic E-state index is 5.87. The van der Waals surface area contributed by atoms with E-state index in [4.69, 9.17) is 5.73 Å². The van der Waals surface area contributed by atoms with Crippen molar-refractivity contribution in [2.24, 2.45) is 0 Å². The second-order valence-corrected chi connectivity index (χ2v) is 5.17. The summed E-state index contributed by atoms with van der Waals surface area (Å²) in [6.45, 7) is 0.966. The third kappa shape index (κ3) is 3.40. The third-order valence-corrected chi connectivity index (χ3v) is 3.37. The number of likely N-dealkylation sites (N-methyl/N-ethyl adjacent to an activating group) is 1. The van der Waals surface area contributed by atoms with E-state index in [1.54, 1.807) is 0 Å². The van der Waals surface area contributed by atoms with E-state index in [0.29, 0.717) is 11.7 Å². The summed E-state index contributed by atoms with van der Waals surface area (Å²) >= 11 is 0. The molecular weight excluding hydrogens is 212 g/mol. The van der Waals surface area contributed by atoms with E-state index in [9.17, 15) is 0 Å². The molecule has 1 aliphatic rings. The van der Waals surface area contributed by atoms with Gasteiger partial charge in [-0.2, -0.15) is 0 Å². The Hall–Kier alpha value is -1.16. The number of nitrogens with two attached hydrogens (primary N) is 1. The molecule has 1 aromatic heterocycles. The van der Waals surface area contributed by atoms with Crippen molar-refractivity contribution in [3.8, 4) is 0 Å². The van der Waals surface area contributed by atoms with Gasteiger partial charge in [-0.1, -0.05) is 12.8 Å². The van der Waals surface area contributed by atoms with Crippen LogP contribution in [0.3, 0.4) is 0 Å². The molecule has 4 heteroatoms. The average molecular weight is 234 g/mol. The fourth-order valence-corrected chi connectivity index (χ4v) is 2.41. The first-order valence-corrected chi connectivity index (χ1v) is 6.43. The summed E-state index contributed by atoms with van der Waals surface area (Å²) in [5.41, 5.74) is 7.02. The molecule has 2 rings (SSSR count).